The fraction of sp³-hybridized carbons (Fsp3) is 0.520. The number of aliphatic hydroxyl groups is 1. The number of hydrogen-bond donors (Lipinski definition) is 3. The van der Waals surface area contributed by atoms with Crippen molar-refractivity contribution in [1.29, 1.82) is 0 Å². The molecule has 0 bridgehead atoms. The fourth-order valence-electron chi connectivity index (χ4n) is 5.01. The van der Waals surface area contributed by atoms with E-state index >= 15 is 0 Å². The molecule has 0 radical (unpaired) electrons. The molecule has 2 atom stereocenters. The smallest absolute Gasteiger partial charge is 0.254 e. The minimum atomic E-state index is -0.523. The summed E-state index contributed by atoms with van der Waals surface area (Å²) in [5.41, 5.74) is 2.67. The maximum absolute atomic E-state index is 13.1. The Hall–Kier alpha value is -2.75. The number of aliphatic hydroxyl groups excluding tert-OH is 1. The number of amides is 2. The third kappa shape index (κ3) is 5.42. The normalized spacial score (nSPS) is 22.7. The van der Waals surface area contributed by atoms with Crippen molar-refractivity contribution in [1.82, 2.24) is 20.2 Å². The van der Waals surface area contributed by atoms with Gasteiger partial charge in [-0.3, -0.25) is 9.59 Å². The minimum Gasteiger partial charge on any atom is -0.391 e. The van der Waals surface area contributed by atoms with Crippen LogP contribution in [0.4, 0.5) is 5.95 Å². The van der Waals surface area contributed by atoms with Crippen molar-refractivity contribution in [3.63, 3.8) is 0 Å². The summed E-state index contributed by atoms with van der Waals surface area (Å²) >= 11 is 6.42. The average Bonchev–Trinajstić information content (AvgIpc) is 3.17. The number of benzene rings is 1. The Morgan fingerprint density at radius 3 is 2.80 bits per heavy atom. The van der Waals surface area contributed by atoms with E-state index in [1.165, 1.54) is 4.90 Å². The van der Waals surface area contributed by atoms with Gasteiger partial charge in [0.05, 0.1) is 29.1 Å². The van der Waals surface area contributed by atoms with Gasteiger partial charge in [-0.15, -0.1) is 0 Å². The highest BCUT2D eigenvalue weighted by molar-refractivity contribution is 6.33. The number of nitrogens with zero attached hydrogens (tertiary/aromatic N) is 3. The van der Waals surface area contributed by atoms with E-state index in [0.717, 1.165) is 43.2 Å². The van der Waals surface area contributed by atoms with Crippen molar-refractivity contribution in [2.24, 2.45) is 0 Å². The Balaban J connectivity index is 1.28. The number of carbonyl (C=O) groups is 2. The number of hydrogen-bond acceptors (Lipinski definition) is 7. The Morgan fingerprint density at radius 1 is 1.20 bits per heavy atom. The van der Waals surface area contributed by atoms with Crippen LogP contribution in [0.1, 0.15) is 54.4 Å². The van der Waals surface area contributed by atoms with Gasteiger partial charge in [0, 0.05) is 36.9 Å². The Bertz CT molecular complexity index is 1110. The fourth-order valence-corrected chi connectivity index (χ4v) is 5.21. The van der Waals surface area contributed by atoms with E-state index < -0.39 is 6.10 Å². The van der Waals surface area contributed by atoms with Crippen LogP contribution in [0, 0.1) is 0 Å². The zero-order valence-electron chi connectivity index (χ0n) is 19.5. The monoisotopic (exact) mass is 499 g/mol. The molecule has 0 unspecified atom stereocenters. The molecule has 2 aromatic rings. The summed E-state index contributed by atoms with van der Waals surface area (Å²) in [6.07, 6.45) is 6.22. The van der Waals surface area contributed by atoms with Gasteiger partial charge in [0.15, 0.2) is 0 Å². The Morgan fingerprint density at radius 2 is 2.00 bits per heavy atom. The summed E-state index contributed by atoms with van der Waals surface area (Å²) in [6, 6.07) is 5.56. The van der Waals surface area contributed by atoms with E-state index in [4.69, 9.17) is 16.3 Å². The summed E-state index contributed by atoms with van der Waals surface area (Å²) in [5.74, 6) is 0.0400. The van der Waals surface area contributed by atoms with Crippen molar-refractivity contribution in [2.75, 3.05) is 25.1 Å². The van der Waals surface area contributed by atoms with Crippen LogP contribution in [0.15, 0.2) is 24.4 Å². The van der Waals surface area contributed by atoms with Gasteiger partial charge in [-0.25, -0.2) is 9.97 Å². The highest BCUT2D eigenvalue weighted by atomic mass is 35.5. The van der Waals surface area contributed by atoms with Gasteiger partial charge in [-0.1, -0.05) is 36.6 Å². The molecular weight excluding hydrogens is 470 g/mol. The highest BCUT2D eigenvalue weighted by Crippen LogP contribution is 2.31. The number of ether oxygens (including phenoxy) is 1. The largest absolute Gasteiger partial charge is 0.391 e. The predicted octanol–water partition coefficient (Wildman–Crippen LogP) is 2.76. The van der Waals surface area contributed by atoms with Gasteiger partial charge >= 0.3 is 0 Å². The van der Waals surface area contributed by atoms with Gasteiger partial charge in [-0.2, -0.15) is 0 Å². The molecule has 1 saturated carbocycles. The number of halogens is 1. The molecule has 0 spiro atoms. The Labute approximate surface area is 209 Å². The second-order valence-corrected chi connectivity index (χ2v) is 9.89. The molecule has 1 aromatic carbocycles. The van der Waals surface area contributed by atoms with E-state index in [2.05, 4.69) is 20.6 Å². The van der Waals surface area contributed by atoms with E-state index in [-0.39, 0.29) is 30.4 Å². The first kappa shape index (κ1) is 24.0. The van der Waals surface area contributed by atoms with Crippen LogP contribution in [0.3, 0.4) is 0 Å². The predicted molar refractivity (Wildman–Crippen MR) is 131 cm³/mol. The lowest BCUT2D eigenvalue weighted by Crippen LogP contribution is -2.48. The van der Waals surface area contributed by atoms with Crippen LogP contribution in [0.2, 0.25) is 5.02 Å². The molecule has 1 aromatic heterocycles. The van der Waals surface area contributed by atoms with Crippen LogP contribution in [-0.2, 0) is 16.1 Å². The number of fused-ring (bicyclic) bond motifs is 1. The van der Waals surface area contributed by atoms with Gasteiger partial charge in [-0.05, 0) is 37.3 Å². The van der Waals surface area contributed by atoms with E-state index in [9.17, 15) is 14.7 Å². The van der Waals surface area contributed by atoms with Crippen molar-refractivity contribution >= 4 is 29.4 Å². The van der Waals surface area contributed by atoms with Crippen LogP contribution in [0.25, 0.3) is 11.3 Å². The average molecular weight is 500 g/mol. The SMILES string of the molecule is O=C(CN1Cc2ccc(-c3nc(NC4CCOCC4)ncc3Cl)cc2C1=O)N[C@@H]1CCCC[C@H]1O. The first-order chi connectivity index (χ1) is 17.0. The van der Waals surface area contributed by atoms with Crippen LogP contribution in [0.5, 0.6) is 0 Å². The molecule has 2 fully saturated rings. The molecule has 10 heteroatoms. The van der Waals surface area contributed by atoms with E-state index in [1.807, 2.05) is 12.1 Å². The molecule has 9 nitrogen and oxygen atoms in total. The highest BCUT2D eigenvalue weighted by Gasteiger charge is 2.31. The van der Waals surface area contributed by atoms with Gasteiger partial charge in [0.2, 0.25) is 11.9 Å². The van der Waals surface area contributed by atoms with Crippen molar-refractivity contribution < 1.29 is 19.4 Å². The standard InChI is InChI=1S/C25H30ClN5O4/c26-19-12-27-25(28-17-7-9-35-10-8-17)30-23(19)15-5-6-16-13-31(24(34)18(16)11-15)14-22(33)29-20-3-1-2-4-21(20)32/h5-6,11-12,17,20-21,32H,1-4,7-10,13-14H2,(H,29,33)(H,27,28,30)/t20-,21-/m1/s1. The van der Waals surface area contributed by atoms with Crippen LogP contribution in [-0.4, -0.2) is 69.7 Å². The molecule has 3 aliphatic rings. The third-order valence-electron chi connectivity index (χ3n) is 6.97. The summed E-state index contributed by atoms with van der Waals surface area (Å²) < 4.78 is 5.40. The summed E-state index contributed by atoms with van der Waals surface area (Å²) in [7, 11) is 0. The minimum absolute atomic E-state index is 0.0422. The molecule has 3 heterocycles. The summed E-state index contributed by atoms with van der Waals surface area (Å²) in [5, 5.41) is 16.8. The molecule has 186 valence electrons. The molecule has 1 aliphatic carbocycles. The van der Waals surface area contributed by atoms with Gasteiger partial charge in [0.1, 0.15) is 6.54 Å². The lowest BCUT2D eigenvalue weighted by atomic mass is 9.92. The number of anilines is 1. The van der Waals surface area contributed by atoms with Crippen LogP contribution < -0.4 is 10.6 Å². The van der Waals surface area contributed by atoms with Crippen molar-refractivity contribution in [3.05, 3.63) is 40.5 Å². The number of aromatic nitrogens is 2. The Kier molecular flexibility index (Phi) is 7.17. The summed E-state index contributed by atoms with van der Waals surface area (Å²) in [6.45, 7) is 1.74. The second kappa shape index (κ2) is 10.5. The zero-order chi connectivity index (χ0) is 24.4. The third-order valence-corrected chi connectivity index (χ3v) is 7.25. The molecule has 2 amide bonds. The first-order valence-electron chi connectivity index (χ1n) is 12.2. The molecule has 1 saturated heterocycles. The van der Waals surface area contributed by atoms with Crippen molar-refractivity contribution in [2.45, 2.75) is 63.3 Å². The van der Waals surface area contributed by atoms with Crippen LogP contribution >= 0.6 is 11.6 Å². The maximum atomic E-state index is 13.1. The maximum Gasteiger partial charge on any atom is 0.254 e. The molecule has 3 N–H and O–H groups in total. The quantitative estimate of drug-likeness (QED) is 0.559. The van der Waals surface area contributed by atoms with Crippen molar-refractivity contribution in [3.8, 4) is 11.3 Å². The lowest BCUT2D eigenvalue weighted by Gasteiger charge is -2.29. The topological polar surface area (TPSA) is 117 Å². The molecule has 2 aliphatic heterocycles. The number of rotatable bonds is 6. The number of carbonyl (C=O) groups excluding carboxylic acids is 2. The van der Waals surface area contributed by atoms with Gasteiger partial charge < -0.3 is 25.4 Å². The molecule has 5 rings (SSSR count). The van der Waals surface area contributed by atoms with E-state index in [1.54, 1.807) is 12.3 Å². The van der Waals surface area contributed by atoms with E-state index in [0.29, 0.717) is 48.4 Å². The zero-order valence-corrected chi connectivity index (χ0v) is 20.3. The molecular formula is C25H30ClN5O4. The summed E-state index contributed by atoms with van der Waals surface area (Å²) in [4.78, 5) is 36.1. The first-order valence-corrected chi connectivity index (χ1v) is 12.6. The second-order valence-electron chi connectivity index (χ2n) is 9.48. The lowest BCUT2D eigenvalue weighted by molar-refractivity contribution is -0.123. The molecule has 35 heavy (non-hydrogen) atoms. The number of nitrogens with one attached hydrogen (secondary N) is 2. The van der Waals surface area contributed by atoms with Gasteiger partial charge in [0.25, 0.3) is 5.91 Å².